The Morgan fingerprint density at radius 3 is 2.73 bits per heavy atom. The molecule has 4 nitrogen and oxygen atoms in total. The largest absolute Gasteiger partial charge is 0.253 e. The third kappa shape index (κ3) is 1.63. The lowest BCUT2D eigenvalue weighted by Crippen LogP contribution is -1.84. The van der Waals surface area contributed by atoms with E-state index < -0.39 is 0 Å². The Kier molecular flexibility index (Phi) is 2.27. The zero-order valence-electron chi connectivity index (χ0n) is 8.60. The lowest BCUT2D eigenvalue weighted by atomic mass is 10.1. The summed E-state index contributed by atoms with van der Waals surface area (Å²) in [7, 11) is 0. The standard InChI is InChI=1S/C11H10N4/c1-7-3-6-10-9(11(7)14-15-12)5-4-8(2)13-10/h3-6H,1-2H3. The van der Waals surface area contributed by atoms with Crippen LogP contribution in [0.2, 0.25) is 0 Å². The van der Waals surface area contributed by atoms with E-state index >= 15 is 0 Å². The lowest BCUT2D eigenvalue weighted by molar-refractivity contribution is 1.25. The number of aromatic nitrogens is 1. The molecule has 74 valence electrons. The second-order valence-corrected chi connectivity index (χ2v) is 3.44. The maximum atomic E-state index is 8.50. The molecule has 2 aromatic rings. The summed E-state index contributed by atoms with van der Waals surface area (Å²) < 4.78 is 0. The van der Waals surface area contributed by atoms with Crippen LogP contribution in [0.25, 0.3) is 21.3 Å². The molecular weight excluding hydrogens is 188 g/mol. The predicted molar refractivity (Wildman–Crippen MR) is 60.0 cm³/mol. The van der Waals surface area contributed by atoms with E-state index in [2.05, 4.69) is 15.0 Å². The Labute approximate surface area is 87.2 Å². The molecule has 4 heteroatoms. The summed E-state index contributed by atoms with van der Waals surface area (Å²) in [6, 6.07) is 7.71. The summed E-state index contributed by atoms with van der Waals surface area (Å²) >= 11 is 0. The molecule has 0 atom stereocenters. The molecule has 0 fully saturated rings. The van der Waals surface area contributed by atoms with Crippen LogP contribution in [0.4, 0.5) is 5.69 Å². The van der Waals surface area contributed by atoms with Crippen molar-refractivity contribution in [3.05, 3.63) is 46.0 Å². The highest BCUT2D eigenvalue weighted by Crippen LogP contribution is 2.28. The first-order valence-electron chi connectivity index (χ1n) is 4.64. The van der Waals surface area contributed by atoms with E-state index in [0.29, 0.717) is 5.69 Å². The molecular formula is C11H10N4. The summed E-state index contributed by atoms with van der Waals surface area (Å²) in [6.07, 6.45) is 0. The van der Waals surface area contributed by atoms with Gasteiger partial charge in [0.25, 0.3) is 0 Å². The van der Waals surface area contributed by atoms with Gasteiger partial charge in [0.15, 0.2) is 0 Å². The topological polar surface area (TPSA) is 61.7 Å². The van der Waals surface area contributed by atoms with Crippen LogP contribution in [-0.4, -0.2) is 4.98 Å². The summed E-state index contributed by atoms with van der Waals surface area (Å²) in [5.74, 6) is 0. The van der Waals surface area contributed by atoms with E-state index in [1.165, 1.54) is 0 Å². The van der Waals surface area contributed by atoms with Gasteiger partial charge in [0.05, 0.1) is 5.52 Å². The van der Waals surface area contributed by atoms with E-state index in [-0.39, 0.29) is 0 Å². The van der Waals surface area contributed by atoms with Gasteiger partial charge in [-0.1, -0.05) is 17.2 Å². The maximum Gasteiger partial charge on any atom is 0.0710 e. The average Bonchev–Trinajstić information content (AvgIpc) is 2.22. The van der Waals surface area contributed by atoms with E-state index in [0.717, 1.165) is 22.2 Å². The van der Waals surface area contributed by atoms with Crippen LogP contribution in [0.15, 0.2) is 29.4 Å². The highest BCUT2D eigenvalue weighted by Gasteiger charge is 2.03. The zero-order chi connectivity index (χ0) is 10.8. The normalized spacial score (nSPS) is 10.0. The molecule has 0 N–H and O–H groups in total. The molecule has 0 bridgehead atoms. The highest BCUT2D eigenvalue weighted by molar-refractivity contribution is 5.91. The Balaban J connectivity index is 2.87. The monoisotopic (exact) mass is 198 g/mol. The van der Waals surface area contributed by atoms with Crippen LogP contribution in [0, 0.1) is 13.8 Å². The fraction of sp³-hybridized carbons (Fsp3) is 0.182. The van der Waals surface area contributed by atoms with Gasteiger partial charge in [-0.05, 0) is 37.1 Å². The Bertz CT molecular complexity index is 568. The Hall–Kier alpha value is -2.06. The first-order valence-corrected chi connectivity index (χ1v) is 4.64. The van der Waals surface area contributed by atoms with Gasteiger partial charge in [-0.15, -0.1) is 0 Å². The van der Waals surface area contributed by atoms with E-state index in [1.54, 1.807) is 0 Å². The van der Waals surface area contributed by atoms with Crippen molar-refractivity contribution in [3.63, 3.8) is 0 Å². The Morgan fingerprint density at radius 2 is 2.00 bits per heavy atom. The Morgan fingerprint density at radius 1 is 1.20 bits per heavy atom. The van der Waals surface area contributed by atoms with E-state index in [1.807, 2.05) is 38.1 Å². The predicted octanol–water partition coefficient (Wildman–Crippen LogP) is 3.79. The number of azide groups is 1. The van der Waals surface area contributed by atoms with Gasteiger partial charge >= 0.3 is 0 Å². The van der Waals surface area contributed by atoms with Crippen molar-refractivity contribution in [2.75, 3.05) is 0 Å². The first kappa shape index (κ1) is 9.49. The number of nitrogens with zero attached hydrogens (tertiary/aromatic N) is 4. The van der Waals surface area contributed by atoms with Crippen molar-refractivity contribution < 1.29 is 0 Å². The number of fused-ring (bicyclic) bond motifs is 1. The minimum Gasteiger partial charge on any atom is -0.253 e. The number of benzene rings is 1. The zero-order valence-corrected chi connectivity index (χ0v) is 8.60. The number of aryl methyl sites for hydroxylation is 2. The minimum atomic E-state index is 0.669. The van der Waals surface area contributed by atoms with Crippen LogP contribution >= 0.6 is 0 Å². The second kappa shape index (κ2) is 3.59. The smallest absolute Gasteiger partial charge is 0.0710 e. The van der Waals surface area contributed by atoms with Gasteiger partial charge < -0.3 is 0 Å². The van der Waals surface area contributed by atoms with Crippen molar-refractivity contribution in [1.82, 2.24) is 4.98 Å². The van der Waals surface area contributed by atoms with Crippen LogP contribution in [0.5, 0.6) is 0 Å². The molecule has 0 spiro atoms. The summed E-state index contributed by atoms with van der Waals surface area (Å²) in [5.41, 5.74) is 11.9. The van der Waals surface area contributed by atoms with Crippen molar-refractivity contribution in [3.8, 4) is 0 Å². The number of hydrogen-bond acceptors (Lipinski definition) is 2. The third-order valence-corrected chi connectivity index (χ3v) is 2.33. The number of rotatable bonds is 1. The quantitative estimate of drug-likeness (QED) is 0.390. The molecule has 15 heavy (non-hydrogen) atoms. The van der Waals surface area contributed by atoms with Crippen LogP contribution in [0.3, 0.4) is 0 Å². The molecule has 0 saturated carbocycles. The van der Waals surface area contributed by atoms with Crippen LogP contribution in [-0.2, 0) is 0 Å². The number of pyridine rings is 1. The van der Waals surface area contributed by atoms with Crippen LogP contribution in [0.1, 0.15) is 11.3 Å². The minimum absolute atomic E-state index is 0.669. The molecule has 1 aromatic heterocycles. The van der Waals surface area contributed by atoms with Gasteiger partial charge in [-0.3, -0.25) is 4.98 Å². The number of hydrogen-bond donors (Lipinski definition) is 0. The fourth-order valence-electron chi connectivity index (χ4n) is 1.58. The van der Waals surface area contributed by atoms with Crippen molar-refractivity contribution in [1.29, 1.82) is 0 Å². The highest BCUT2D eigenvalue weighted by atomic mass is 15.1. The average molecular weight is 198 g/mol. The van der Waals surface area contributed by atoms with Gasteiger partial charge in [0.1, 0.15) is 0 Å². The molecule has 0 aliphatic carbocycles. The molecule has 0 amide bonds. The molecule has 1 aromatic carbocycles. The van der Waals surface area contributed by atoms with Crippen molar-refractivity contribution in [2.45, 2.75) is 13.8 Å². The second-order valence-electron chi connectivity index (χ2n) is 3.44. The van der Waals surface area contributed by atoms with E-state index in [4.69, 9.17) is 5.53 Å². The first-order chi connectivity index (χ1) is 7.22. The summed E-state index contributed by atoms with van der Waals surface area (Å²) in [5, 5.41) is 4.61. The van der Waals surface area contributed by atoms with E-state index in [9.17, 15) is 0 Å². The molecule has 2 rings (SSSR count). The molecule has 1 heterocycles. The van der Waals surface area contributed by atoms with Gasteiger partial charge in [0, 0.05) is 21.7 Å². The van der Waals surface area contributed by atoms with Crippen LogP contribution < -0.4 is 0 Å². The van der Waals surface area contributed by atoms with Crippen molar-refractivity contribution >= 4 is 16.6 Å². The molecule has 0 aliphatic heterocycles. The summed E-state index contributed by atoms with van der Waals surface area (Å²) in [4.78, 5) is 7.21. The lowest BCUT2D eigenvalue weighted by Gasteiger charge is -2.04. The SMILES string of the molecule is Cc1ccc2c(N=[N+]=[N-])c(C)ccc2n1. The maximum absolute atomic E-state index is 8.50. The molecule has 0 radical (unpaired) electrons. The van der Waals surface area contributed by atoms with Gasteiger partial charge in [-0.2, -0.15) is 0 Å². The van der Waals surface area contributed by atoms with Gasteiger partial charge in [0.2, 0.25) is 0 Å². The third-order valence-electron chi connectivity index (χ3n) is 2.33. The fourth-order valence-corrected chi connectivity index (χ4v) is 1.58. The molecule has 0 aliphatic rings. The van der Waals surface area contributed by atoms with Gasteiger partial charge in [-0.25, -0.2) is 0 Å². The molecule has 0 saturated heterocycles. The summed E-state index contributed by atoms with van der Waals surface area (Å²) in [6.45, 7) is 3.86. The van der Waals surface area contributed by atoms with Crippen molar-refractivity contribution in [2.24, 2.45) is 5.11 Å². The molecule has 0 unspecified atom stereocenters.